The first-order valence-corrected chi connectivity index (χ1v) is 11.1. The van der Waals surface area contributed by atoms with E-state index in [1.54, 1.807) is 12.1 Å². The molecular formula is C25H24ClFN4O2. The maximum Gasteiger partial charge on any atom is 0.323 e. The normalized spacial score (nSPS) is 13.0. The average molecular weight is 467 g/mol. The SMILES string of the molecule is Cc1cccc(C(=O)Nc2ccc(N3CCCC3)c(NC(=O)Nc3ccc(F)c(Cl)c3)c2)c1. The number of benzene rings is 3. The number of nitrogens with zero attached hydrogens (tertiary/aromatic N) is 1. The van der Waals surface area contributed by atoms with Crippen LogP contribution in [-0.2, 0) is 0 Å². The van der Waals surface area contributed by atoms with E-state index in [9.17, 15) is 14.0 Å². The predicted molar refractivity (Wildman–Crippen MR) is 131 cm³/mol. The Morgan fingerprint density at radius 2 is 1.64 bits per heavy atom. The smallest absolute Gasteiger partial charge is 0.323 e. The van der Waals surface area contributed by atoms with Gasteiger partial charge in [-0.1, -0.05) is 29.3 Å². The first-order chi connectivity index (χ1) is 15.9. The second-order valence-electron chi connectivity index (χ2n) is 7.96. The van der Waals surface area contributed by atoms with Gasteiger partial charge in [-0.3, -0.25) is 4.79 Å². The van der Waals surface area contributed by atoms with Gasteiger partial charge in [0.05, 0.1) is 16.4 Å². The highest BCUT2D eigenvalue weighted by atomic mass is 35.5. The summed E-state index contributed by atoms with van der Waals surface area (Å²) in [6.45, 7) is 3.70. The molecule has 0 bridgehead atoms. The fourth-order valence-corrected chi connectivity index (χ4v) is 3.98. The lowest BCUT2D eigenvalue weighted by molar-refractivity contribution is 0.102. The van der Waals surface area contributed by atoms with E-state index in [0.717, 1.165) is 37.2 Å². The van der Waals surface area contributed by atoms with Gasteiger partial charge in [0.25, 0.3) is 5.91 Å². The van der Waals surface area contributed by atoms with Gasteiger partial charge in [0.1, 0.15) is 5.82 Å². The number of aryl methyl sites for hydroxylation is 1. The summed E-state index contributed by atoms with van der Waals surface area (Å²) in [7, 11) is 0. The molecule has 1 saturated heterocycles. The summed E-state index contributed by atoms with van der Waals surface area (Å²) in [6, 6.07) is 16.2. The van der Waals surface area contributed by atoms with Gasteiger partial charge in [0, 0.05) is 30.0 Å². The molecule has 0 unspecified atom stereocenters. The Kier molecular flexibility index (Phi) is 6.79. The fourth-order valence-electron chi connectivity index (χ4n) is 3.80. The molecule has 1 heterocycles. The molecule has 0 aromatic heterocycles. The van der Waals surface area contributed by atoms with E-state index < -0.39 is 11.8 Å². The highest BCUT2D eigenvalue weighted by Gasteiger charge is 2.18. The molecule has 1 fully saturated rings. The van der Waals surface area contributed by atoms with Crippen LogP contribution in [0.3, 0.4) is 0 Å². The number of carbonyl (C=O) groups is 2. The topological polar surface area (TPSA) is 73.5 Å². The Balaban J connectivity index is 1.55. The summed E-state index contributed by atoms with van der Waals surface area (Å²) >= 11 is 5.80. The summed E-state index contributed by atoms with van der Waals surface area (Å²) in [6.07, 6.45) is 2.15. The highest BCUT2D eigenvalue weighted by Crippen LogP contribution is 2.32. The van der Waals surface area contributed by atoms with Gasteiger partial charge >= 0.3 is 6.03 Å². The molecule has 4 rings (SSSR count). The molecule has 6 nitrogen and oxygen atoms in total. The minimum absolute atomic E-state index is 0.0774. The van der Waals surface area contributed by atoms with Crippen molar-refractivity contribution in [1.82, 2.24) is 0 Å². The molecule has 170 valence electrons. The van der Waals surface area contributed by atoms with Crippen molar-refractivity contribution in [3.63, 3.8) is 0 Å². The van der Waals surface area contributed by atoms with Gasteiger partial charge in [-0.2, -0.15) is 0 Å². The molecule has 0 radical (unpaired) electrons. The van der Waals surface area contributed by atoms with Crippen LogP contribution in [0, 0.1) is 12.7 Å². The molecule has 1 aliphatic heterocycles. The van der Waals surface area contributed by atoms with E-state index >= 15 is 0 Å². The van der Waals surface area contributed by atoms with Crippen molar-refractivity contribution in [2.75, 3.05) is 33.9 Å². The highest BCUT2D eigenvalue weighted by molar-refractivity contribution is 6.31. The first kappa shape index (κ1) is 22.6. The molecule has 33 heavy (non-hydrogen) atoms. The van der Waals surface area contributed by atoms with Crippen molar-refractivity contribution in [3.05, 3.63) is 82.6 Å². The lowest BCUT2D eigenvalue weighted by atomic mass is 10.1. The van der Waals surface area contributed by atoms with Gasteiger partial charge in [-0.25, -0.2) is 9.18 Å². The van der Waals surface area contributed by atoms with Crippen LogP contribution in [0.15, 0.2) is 60.7 Å². The third kappa shape index (κ3) is 5.62. The molecule has 0 aliphatic carbocycles. The van der Waals surface area contributed by atoms with Crippen molar-refractivity contribution < 1.29 is 14.0 Å². The number of nitrogens with one attached hydrogen (secondary N) is 3. The van der Waals surface area contributed by atoms with E-state index in [1.165, 1.54) is 18.2 Å². The minimum atomic E-state index is -0.559. The van der Waals surface area contributed by atoms with Crippen LogP contribution in [-0.4, -0.2) is 25.0 Å². The molecule has 0 atom stereocenters. The quantitative estimate of drug-likeness (QED) is 0.414. The van der Waals surface area contributed by atoms with Crippen molar-refractivity contribution in [3.8, 4) is 0 Å². The zero-order valence-corrected chi connectivity index (χ0v) is 18.9. The van der Waals surface area contributed by atoms with Crippen LogP contribution in [0.25, 0.3) is 0 Å². The number of urea groups is 1. The Bertz CT molecular complexity index is 1190. The predicted octanol–water partition coefficient (Wildman–Crippen LogP) is 6.28. The van der Waals surface area contributed by atoms with E-state index in [-0.39, 0.29) is 10.9 Å². The number of halogens is 2. The number of hydrogen-bond acceptors (Lipinski definition) is 3. The van der Waals surface area contributed by atoms with Crippen molar-refractivity contribution in [1.29, 1.82) is 0 Å². The number of anilines is 4. The Morgan fingerprint density at radius 1 is 0.909 bits per heavy atom. The molecule has 3 amide bonds. The average Bonchev–Trinajstić information content (AvgIpc) is 3.31. The van der Waals surface area contributed by atoms with Gasteiger partial charge in [-0.15, -0.1) is 0 Å². The van der Waals surface area contributed by atoms with Crippen LogP contribution in [0.4, 0.5) is 31.9 Å². The summed E-state index contributed by atoms with van der Waals surface area (Å²) in [5.41, 5.74) is 3.90. The fraction of sp³-hybridized carbons (Fsp3) is 0.200. The van der Waals surface area contributed by atoms with Crippen molar-refractivity contribution >= 4 is 46.3 Å². The minimum Gasteiger partial charge on any atom is -0.370 e. The van der Waals surface area contributed by atoms with Crippen LogP contribution in [0.1, 0.15) is 28.8 Å². The van der Waals surface area contributed by atoms with Gasteiger partial charge in [-0.05, 0) is 68.3 Å². The third-order valence-electron chi connectivity index (χ3n) is 5.41. The number of amides is 3. The molecular weight excluding hydrogens is 443 g/mol. The summed E-state index contributed by atoms with van der Waals surface area (Å²) in [4.78, 5) is 27.5. The summed E-state index contributed by atoms with van der Waals surface area (Å²) < 4.78 is 13.4. The van der Waals surface area contributed by atoms with Gasteiger partial charge < -0.3 is 20.9 Å². The van der Waals surface area contributed by atoms with Crippen LogP contribution < -0.4 is 20.9 Å². The Labute approximate surface area is 196 Å². The zero-order chi connectivity index (χ0) is 23.4. The maximum atomic E-state index is 13.4. The summed E-state index contributed by atoms with van der Waals surface area (Å²) in [5, 5.41) is 8.33. The largest absolute Gasteiger partial charge is 0.370 e. The lowest BCUT2D eigenvalue weighted by Gasteiger charge is -2.22. The monoisotopic (exact) mass is 466 g/mol. The molecule has 3 aromatic carbocycles. The van der Waals surface area contributed by atoms with Crippen molar-refractivity contribution in [2.45, 2.75) is 19.8 Å². The molecule has 3 aromatic rings. The second kappa shape index (κ2) is 9.92. The summed E-state index contributed by atoms with van der Waals surface area (Å²) in [5.74, 6) is -0.792. The lowest BCUT2D eigenvalue weighted by Crippen LogP contribution is -2.24. The van der Waals surface area contributed by atoms with Crippen LogP contribution >= 0.6 is 11.6 Å². The third-order valence-corrected chi connectivity index (χ3v) is 5.70. The zero-order valence-electron chi connectivity index (χ0n) is 18.1. The number of hydrogen-bond donors (Lipinski definition) is 3. The molecule has 0 spiro atoms. The second-order valence-corrected chi connectivity index (χ2v) is 8.36. The van der Waals surface area contributed by atoms with E-state index in [2.05, 4.69) is 20.9 Å². The molecule has 3 N–H and O–H groups in total. The Hall–Kier alpha value is -3.58. The van der Waals surface area contributed by atoms with E-state index in [0.29, 0.717) is 22.6 Å². The number of carbonyl (C=O) groups excluding carboxylic acids is 2. The van der Waals surface area contributed by atoms with Crippen molar-refractivity contribution in [2.24, 2.45) is 0 Å². The van der Waals surface area contributed by atoms with E-state index in [1.807, 2.05) is 37.3 Å². The van der Waals surface area contributed by atoms with E-state index in [4.69, 9.17) is 11.6 Å². The van der Waals surface area contributed by atoms with Gasteiger partial charge in [0.15, 0.2) is 0 Å². The van der Waals surface area contributed by atoms with Gasteiger partial charge in [0.2, 0.25) is 0 Å². The Morgan fingerprint density at radius 3 is 2.36 bits per heavy atom. The first-order valence-electron chi connectivity index (χ1n) is 10.7. The van der Waals surface area contributed by atoms with Crippen LogP contribution in [0.5, 0.6) is 0 Å². The molecule has 1 aliphatic rings. The number of rotatable bonds is 5. The molecule has 8 heteroatoms. The van der Waals surface area contributed by atoms with Crippen LogP contribution in [0.2, 0.25) is 5.02 Å². The maximum absolute atomic E-state index is 13.4. The standard InChI is InChI=1S/C25H24ClFN4O2/c1-16-5-4-6-17(13-16)24(32)28-19-8-10-23(31-11-2-3-12-31)22(15-19)30-25(33)29-18-7-9-21(27)20(26)14-18/h4-10,13-15H,2-3,11-12H2,1H3,(H,28,32)(H2,29,30,33). The molecule has 0 saturated carbocycles.